The number of amides is 1. The molecular weight excluding hydrogens is 899 g/mol. The van der Waals surface area contributed by atoms with Gasteiger partial charge in [0.05, 0.1) is 25.4 Å². The van der Waals surface area contributed by atoms with E-state index < -0.39 is 49.5 Å². The molecule has 0 aromatic heterocycles. The van der Waals surface area contributed by atoms with E-state index in [1.54, 1.807) is 6.08 Å². The van der Waals surface area contributed by atoms with Crippen molar-refractivity contribution in [3.8, 4) is 0 Å². The van der Waals surface area contributed by atoms with Crippen LogP contribution in [-0.2, 0) is 14.3 Å². The summed E-state index contributed by atoms with van der Waals surface area (Å²) >= 11 is 0. The summed E-state index contributed by atoms with van der Waals surface area (Å²) in [5.41, 5.74) is 0. The van der Waals surface area contributed by atoms with Crippen LogP contribution in [0.2, 0.25) is 0 Å². The van der Waals surface area contributed by atoms with Gasteiger partial charge in [0, 0.05) is 6.42 Å². The van der Waals surface area contributed by atoms with E-state index in [-0.39, 0.29) is 12.5 Å². The Bertz CT molecular complexity index is 1450. The lowest BCUT2D eigenvalue weighted by molar-refractivity contribution is -0.302. The topological polar surface area (TPSA) is 149 Å². The first-order chi connectivity index (χ1) is 35.3. The van der Waals surface area contributed by atoms with E-state index in [0.717, 1.165) is 83.5 Å². The second kappa shape index (κ2) is 51.6. The number of carbonyl (C=O) groups excluding carboxylic acids is 1. The summed E-state index contributed by atoms with van der Waals surface area (Å²) in [5, 5.41) is 54.3. The number of unbranched alkanes of at least 4 members (excludes halogenated alkanes) is 25. The largest absolute Gasteiger partial charge is 0.394 e. The minimum atomic E-state index is -1.57. The molecule has 6 N–H and O–H groups in total. The van der Waals surface area contributed by atoms with Crippen molar-refractivity contribution in [1.29, 1.82) is 0 Å². The van der Waals surface area contributed by atoms with Gasteiger partial charge in [0.15, 0.2) is 6.29 Å². The third-order valence-corrected chi connectivity index (χ3v) is 13.4. The van der Waals surface area contributed by atoms with E-state index in [4.69, 9.17) is 9.47 Å². The summed E-state index contributed by atoms with van der Waals surface area (Å²) in [5.74, 6) is -0.180. The predicted octanol–water partition coefficient (Wildman–Crippen LogP) is 14.8. The Hall–Kier alpha value is -2.89. The summed E-state index contributed by atoms with van der Waals surface area (Å²) < 4.78 is 11.2. The van der Waals surface area contributed by atoms with Crippen molar-refractivity contribution < 1.29 is 39.8 Å². The molecule has 1 fully saturated rings. The van der Waals surface area contributed by atoms with E-state index in [0.29, 0.717) is 6.42 Å². The van der Waals surface area contributed by atoms with Crippen molar-refractivity contribution in [2.24, 2.45) is 0 Å². The summed E-state index contributed by atoms with van der Waals surface area (Å²) in [7, 11) is 0. The molecule has 0 spiro atoms. The summed E-state index contributed by atoms with van der Waals surface area (Å²) in [6, 6.07) is -0.806. The number of ether oxygens (including phenoxy) is 2. The number of rotatable bonds is 49. The average molecular weight is 1010 g/mol. The molecule has 1 saturated heterocycles. The second-order valence-electron chi connectivity index (χ2n) is 20.1. The monoisotopic (exact) mass is 1010 g/mol. The highest BCUT2D eigenvalue weighted by atomic mass is 16.7. The predicted molar refractivity (Wildman–Crippen MR) is 304 cm³/mol. The number of hydrogen-bond donors (Lipinski definition) is 6. The van der Waals surface area contributed by atoms with Gasteiger partial charge in [0.2, 0.25) is 5.91 Å². The summed E-state index contributed by atoms with van der Waals surface area (Å²) in [4.78, 5) is 13.0. The second-order valence-corrected chi connectivity index (χ2v) is 20.1. The first-order valence-corrected chi connectivity index (χ1v) is 29.5. The minimum Gasteiger partial charge on any atom is -0.394 e. The maximum absolute atomic E-state index is 13.0. The molecule has 9 heteroatoms. The van der Waals surface area contributed by atoms with Gasteiger partial charge in [0.1, 0.15) is 24.4 Å². The van der Waals surface area contributed by atoms with Gasteiger partial charge in [-0.25, -0.2) is 0 Å². The third-order valence-electron chi connectivity index (χ3n) is 13.4. The first kappa shape index (κ1) is 67.1. The van der Waals surface area contributed by atoms with Crippen molar-refractivity contribution in [2.75, 3.05) is 13.2 Å². The fraction of sp³-hybridized carbons (Fsp3) is 0.730. The van der Waals surface area contributed by atoms with Gasteiger partial charge in [-0.2, -0.15) is 0 Å². The molecule has 7 unspecified atom stereocenters. The smallest absolute Gasteiger partial charge is 0.220 e. The lowest BCUT2D eigenvalue weighted by Gasteiger charge is -2.40. The fourth-order valence-corrected chi connectivity index (χ4v) is 8.78. The highest BCUT2D eigenvalue weighted by molar-refractivity contribution is 5.76. The standard InChI is InChI=1S/C63H109NO8/c1-3-5-7-9-11-13-15-16-17-18-19-20-21-22-23-24-25-26-27-28-29-30-31-32-33-34-35-36-37-38-39-40-41-42-43-45-47-49-51-53-59(67)64-56(55-71-63-62(70)61(69)60(68)58(54-65)72-63)57(66)52-50-48-46-44-14-12-10-8-6-4-2/h5,7,11,13,16-17,19-20,22-23,25-26,28-29,50,52,56-58,60-63,65-66,68-70H,3-4,6,8-10,12,14-15,18,21,24,27,30-49,51,53-55H2,1-2H3,(H,64,67)/b7-5-,13-11-,17-16-,20-19-,23-22-,26-25-,29-28-,52-50+. The molecule has 1 aliphatic rings. The fourth-order valence-electron chi connectivity index (χ4n) is 8.78. The first-order valence-electron chi connectivity index (χ1n) is 29.5. The summed E-state index contributed by atoms with van der Waals surface area (Å²) in [6.45, 7) is 3.63. The molecule has 1 amide bonds. The Kier molecular flexibility index (Phi) is 48.1. The van der Waals surface area contributed by atoms with Gasteiger partial charge in [-0.3, -0.25) is 4.79 Å². The van der Waals surface area contributed by atoms with Crippen molar-refractivity contribution >= 4 is 5.91 Å². The van der Waals surface area contributed by atoms with Crippen LogP contribution in [0.15, 0.2) is 97.2 Å². The van der Waals surface area contributed by atoms with Gasteiger partial charge in [-0.05, 0) is 77.0 Å². The molecule has 0 aromatic carbocycles. The molecule has 0 radical (unpaired) electrons. The normalized spacial score (nSPS) is 19.9. The van der Waals surface area contributed by atoms with Crippen molar-refractivity contribution in [2.45, 2.75) is 281 Å². The number of allylic oxidation sites excluding steroid dienone is 15. The Balaban J connectivity index is 2.06. The van der Waals surface area contributed by atoms with Gasteiger partial charge >= 0.3 is 0 Å². The van der Waals surface area contributed by atoms with Crippen LogP contribution in [0.25, 0.3) is 0 Å². The van der Waals surface area contributed by atoms with Gasteiger partial charge in [-0.1, -0.05) is 252 Å². The number of nitrogens with one attached hydrogen (secondary N) is 1. The molecular formula is C63H109NO8. The van der Waals surface area contributed by atoms with E-state index in [1.165, 1.54) is 135 Å². The molecule has 1 aliphatic heterocycles. The molecule has 7 atom stereocenters. The van der Waals surface area contributed by atoms with Crippen LogP contribution >= 0.6 is 0 Å². The number of carbonyl (C=O) groups is 1. The van der Waals surface area contributed by atoms with Crippen molar-refractivity contribution in [3.63, 3.8) is 0 Å². The number of aliphatic hydroxyl groups excluding tert-OH is 5. The minimum absolute atomic E-state index is 0.180. The van der Waals surface area contributed by atoms with Crippen molar-refractivity contribution in [3.05, 3.63) is 97.2 Å². The van der Waals surface area contributed by atoms with Crippen LogP contribution in [0.1, 0.15) is 239 Å². The maximum Gasteiger partial charge on any atom is 0.220 e. The Morgan fingerprint density at radius 3 is 1.28 bits per heavy atom. The third kappa shape index (κ3) is 40.5. The molecule has 0 saturated carbocycles. The SMILES string of the molecule is CC/C=C\C/C=C\C/C=C\C/C=C\C/C=C\C/C=C\C/C=C\CCCCCCCCCCCCCCCCCCCC(=O)NC(COC1OC(CO)C(O)C(O)C1O)C(O)/C=C/CCCCCCCCCC. The maximum atomic E-state index is 13.0. The zero-order valence-electron chi connectivity index (χ0n) is 45.9. The van der Waals surface area contributed by atoms with E-state index >= 15 is 0 Å². The van der Waals surface area contributed by atoms with Crippen LogP contribution in [0.4, 0.5) is 0 Å². The molecule has 414 valence electrons. The Morgan fingerprint density at radius 2 is 0.861 bits per heavy atom. The van der Waals surface area contributed by atoms with Gasteiger partial charge in [-0.15, -0.1) is 0 Å². The molecule has 0 bridgehead atoms. The zero-order valence-corrected chi connectivity index (χ0v) is 45.9. The van der Waals surface area contributed by atoms with Crippen LogP contribution in [0.5, 0.6) is 0 Å². The van der Waals surface area contributed by atoms with Crippen LogP contribution in [0, 0.1) is 0 Å². The lowest BCUT2D eigenvalue weighted by atomic mass is 9.99. The van der Waals surface area contributed by atoms with Crippen molar-refractivity contribution in [1.82, 2.24) is 5.32 Å². The molecule has 72 heavy (non-hydrogen) atoms. The zero-order chi connectivity index (χ0) is 52.2. The highest BCUT2D eigenvalue weighted by Gasteiger charge is 2.44. The molecule has 0 aliphatic carbocycles. The lowest BCUT2D eigenvalue weighted by Crippen LogP contribution is -2.60. The van der Waals surface area contributed by atoms with E-state index in [9.17, 15) is 30.3 Å². The van der Waals surface area contributed by atoms with Gasteiger partial charge in [0.25, 0.3) is 0 Å². The molecule has 9 nitrogen and oxygen atoms in total. The van der Waals surface area contributed by atoms with Crippen LogP contribution in [0.3, 0.4) is 0 Å². The quantitative estimate of drug-likeness (QED) is 0.0261. The van der Waals surface area contributed by atoms with E-state index in [1.807, 2.05) is 6.08 Å². The van der Waals surface area contributed by atoms with Crippen LogP contribution in [-0.4, -0.2) is 87.5 Å². The van der Waals surface area contributed by atoms with E-state index in [2.05, 4.69) is 104 Å². The number of hydrogen-bond acceptors (Lipinski definition) is 8. The highest BCUT2D eigenvalue weighted by Crippen LogP contribution is 2.23. The molecule has 0 aromatic rings. The van der Waals surface area contributed by atoms with Crippen LogP contribution < -0.4 is 5.32 Å². The molecule has 1 rings (SSSR count). The van der Waals surface area contributed by atoms with Gasteiger partial charge < -0.3 is 40.3 Å². The summed E-state index contributed by atoms with van der Waals surface area (Å²) in [6.07, 6.45) is 67.9. The Labute approximate surface area is 441 Å². The Morgan fingerprint density at radius 1 is 0.486 bits per heavy atom. The molecule has 1 heterocycles. The average Bonchev–Trinajstić information content (AvgIpc) is 3.38. The number of aliphatic hydroxyl groups is 5.